The second-order valence-corrected chi connectivity index (χ2v) is 8.04. The first kappa shape index (κ1) is 16.3. The van der Waals surface area contributed by atoms with Crippen molar-refractivity contribution in [2.24, 2.45) is 17.3 Å². The lowest BCUT2D eigenvalue weighted by Crippen LogP contribution is -2.43. The molecular formula is C18H36N2. The fourth-order valence-corrected chi connectivity index (χ4v) is 4.10. The molecule has 0 amide bonds. The Morgan fingerprint density at radius 3 is 2.55 bits per heavy atom. The van der Waals surface area contributed by atoms with Crippen molar-refractivity contribution in [1.82, 2.24) is 10.2 Å². The van der Waals surface area contributed by atoms with E-state index in [-0.39, 0.29) is 0 Å². The molecule has 0 spiro atoms. The van der Waals surface area contributed by atoms with Crippen molar-refractivity contribution < 1.29 is 0 Å². The minimum atomic E-state index is 0.586. The van der Waals surface area contributed by atoms with Crippen molar-refractivity contribution >= 4 is 0 Å². The molecule has 1 atom stereocenters. The first-order valence-corrected chi connectivity index (χ1v) is 9.03. The van der Waals surface area contributed by atoms with Crippen molar-refractivity contribution in [3.8, 4) is 0 Å². The summed E-state index contributed by atoms with van der Waals surface area (Å²) in [5.41, 5.74) is 0.586. The van der Waals surface area contributed by atoms with Gasteiger partial charge in [0.2, 0.25) is 0 Å². The Hall–Kier alpha value is -0.0800. The van der Waals surface area contributed by atoms with E-state index in [9.17, 15) is 0 Å². The van der Waals surface area contributed by atoms with Gasteiger partial charge in [-0.05, 0) is 69.0 Å². The van der Waals surface area contributed by atoms with E-state index in [1.54, 1.807) is 0 Å². The van der Waals surface area contributed by atoms with Crippen LogP contribution in [0.25, 0.3) is 0 Å². The zero-order valence-electron chi connectivity index (χ0n) is 14.1. The van der Waals surface area contributed by atoms with Gasteiger partial charge in [-0.25, -0.2) is 0 Å². The van der Waals surface area contributed by atoms with Crippen LogP contribution >= 0.6 is 0 Å². The number of likely N-dealkylation sites (tertiary alicyclic amines) is 1. The molecule has 2 fully saturated rings. The maximum Gasteiger partial charge on any atom is 0.00501 e. The molecule has 1 saturated carbocycles. The monoisotopic (exact) mass is 280 g/mol. The average molecular weight is 280 g/mol. The molecule has 1 saturated heterocycles. The Balaban J connectivity index is 1.84. The molecule has 2 rings (SSSR count). The van der Waals surface area contributed by atoms with Crippen LogP contribution in [-0.4, -0.2) is 37.6 Å². The normalized spacial score (nSPS) is 27.9. The van der Waals surface area contributed by atoms with E-state index in [1.165, 1.54) is 77.7 Å². The summed E-state index contributed by atoms with van der Waals surface area (Å²) in [6.07, 6.45) is 10.1. The Bertz CT molecular complexity index is 269. The number of hydrogen-bond donors (Lipinski definition) is 1. The molecule has 0 aromatic rings. The summed E-state index contributed by atoms with van der Waals surface area (Å²) in [5, 5.41) is 3.75. The molecule has 20 heavy (non-hydrogen) atoms. The SMILES string of the molecule is CC(C)CNCC1(CN2CCCC(C)CC2)CCCC1. The van der Waals surface area contributed by atoms with Crippen molar-refractivity contribution in [3.05, 3.63) is 0 Å². The molecule has 2 heteroatoms. The van der Waals surface area contributed by atoms with Gasteiger partial charge in [-0.2, -0.15) is 0 Å². The van der Waals surface area contributed by atoms with Crippen LogP contribution in [0.1, 0.15) is 65.7 Å². The smallest absolute Gasteiger partial charge is 0.00501 e. The maximum atomic E-state index is 3.75. The van der Waals surface area contributed by atoms with Gasteiger partial charge in [-0.3, -0.25) is 0 Å². The topological polar surface area (TPSA) is 15.3 Å². The molecule has 0 bridgehead atoms. The van der Waals surface area contributed by atoms with Crippen molar-refractivity contribution in [2.45, 2.75) is 65.7 Å². The standard InChI is InChI=1S/C18H36N2/c1-16(2)13-19-14-18(9-4-5-10-18)15-20-11-6-7-17(3)8-12-20/h16-17,19H,4-15H2,1-3H3. The Morgan fingerprint density at radius 1 is 1.10 bits per heavy atom. The third-order valence-electron chi connectivity index (χ3n) is 5.39. The zero-order chi connectivity index (χ0) is 14.4. The Morgan fingerprint density at radius 2 is 1.85 bits per heavy atom. The second kappa shape index (κ2) is 7.79. The van der Waals surface area contributed by atoms with Crippen LogP contribution in [0.15, 0.2) is 0 Å². The zero-order valence-corrected chi connectivity index (χ0v) is 14.1. The first-order valence-electron chi connectivity index (χ1n) is 9.03. The minimum absolute atomic E-state index is 0.586. The predicted octanol–water partition coefficient (Wildman–Crippen LogP) is 3.91. The Kier molecular flexibility index (Phi) is 6.35. The highest BCUT2D eigenvalue weighted by Crippen LogP contribution is 2.38. The van der Waals surface area contributed by atoms with Gasteiger partial charge in [-0.1, -0.05) is 33.6 Å². The lowest BCUT2D eigenvalue weighted by atomic mass is 9.85. The van der Waals surface area contributed by atoms with Gasteiger partial charge < -0.3 is 10.2 Å². The highest BCUT2D eigenvalue weighted by Gasteiger charge is 2.35. The average Bonchev–Trinajstić information content (AvgIpc) is 2.74. The molecule has 2 aliphatic rings. The number of nitrogens with zero attached hydrogens (tertiary/aromatic N) is 1. The summed E-state index contributed by atoms with van der Waals surface area (Å²) in [7, 11) is 0. The highest BCUT2D eigenvalue weighted by molar-refractivity contribution is 4.90. The number of nitrogens with one attached hydrogen (secondary N) is 1. The van der Waals surface area contributed by atoms with Crippen LogP contribution < -0.4 is 5.32 Å². The molecule has 118 valence electrons. The van der Waals surface area contributed by atoms with Gasteiger partial charge in [-0.15, -0.1) is 0 Å². The molecular weight excluding hydrogens is 244 g/mol. The van der Waals surface area contributed by atoms with E-state index in [4.69, 9.17) is 0 Å². The van der Waals surface area contributed by atoms with Crippen LogP contribution in [0.4, 0.5) is 0 Å². The summed E-state index contributed by atoms with van der Waals surface area (Å²) in [6.45, 7) is 13.5. The van der Waals surface area contributed by atoms with Gasteiger partial charge in [0, 0.05) is 13.1 Å². The van der Waals surface area contributed by atoms with Gasteiger partial charge in [0.25, 0.3) is 0 Å². The fourth-order valence-electron chi connectivity index (χ4n) is 4.10. The molecule has 1 N–H and O–H groups in total. The van der Waals surface area contributed by atoms with E-state index in [0.29, 0.717) is 5.41 Å². The Labute approximate surface area is 126 Å². The lowest BCUT2D eigenvalue weighted by molar-refractivity contribution is 0.150. The van der Waals surface area contributed by atoms with Gasteiger partial charge in [0.05, 0.1) is 0 Å². The second-order valence-electron chi connectivity index (χ2n) is 8.04. The van der Waals surface area contributed by atoms with Gasteiger partial charge in [0.1, 0.15) is 0 Å². The van der Waals surface area contributed by atoms with E-state index >= 15 is 0 Å². The molecule has 1 unspecified atom stereocenters. The molecule has 0 aromatic carbocycles. The van der Waals surface area contributed by atoms with E-state index in [1.807, 2.05) is 0 Å². The van der Waals surface area contributed by atoms with Crippen LogP contribution in [0.5, 0.6) is 0 Å². The predicted molar refractivity (Wildman–Crippen MR) is 88.1 cm³/mol. The summed E-state index contributed by atoms with van der Waals surface area (Å²) >= 11 is 0. The van der Waals surface area contributed by atoms with E-state index in [0.717, 1.165) is 11.8 Å². The summed E-state index contributed by atoms with van der Waals surface area (Å²) in [5.74, 6) is 1.71. The highest BCUT2D eigenvalue weighted by atomic mass is 15.1. The fraction of sp³-hybridized carbons (Fsp3) is 1.00. The van der Waals surface area contributed by atoms with Crippen LogP contribution in [-0.2, 0) is 0 Å². The molecule has 0 aromatic heterocycles. The quantitative estimate of drug-likeness (QED) is 0.793. The number of rotatable bonds is 6. The van der Waals surface area contributed by atoms with Crippen LogP contribution in [0, 0.1) is 17.3 Å². The van der Waals surface area contributed by atoms with Crippen LogP contribution in [0.3, 0.4) is 0 Å². The first-order chi connectivity index (χ1) is 9.60. The number of hydrogen-bond acceptors (Lipinski definition) is 2. The summed E-state index contributed by atoms with van der Waals surface area (Å²) in [4.78, 5) is 2.78. The van der Waals surface area contributed by atoms with Gasteiger partial charge >= 0.3 is 0 Å². The van der Waals surface area contributed by atoms with E-state index < -0.39 is 0 Å². The lowest BCUT2D eigenvalue weighted by Gasteiger charge is -2.35. The van der Waals surface area contributed by atoms with Crippen molar-refractivity contribution in [1.29, 1.82) is 0 Å². The summed E-state index contributed by atoms with van der Waals surface area (Å²) < 4.78 is 0. The molecule has 1 heterocycles. The van der Waals surface area contributed by atoms with Crippen LogP contribution in [0.2, 0.25) is 0 Å². The maximum absolute atomic E-state index is 3.75. The van der Waals surface area contributed by atoms with Crippen molar-refractivity contribution in [2.75, 3.05) is 32.7 Å². The molecule has 2 nitrogen and oxygen atoms in total. The molecule has 1 aliphatic carbocycles. The minimum Gasteiger partial charge on any atom is -0.316 e. The van der Waals surface area contributed by atoms with E-state index in [2.05, 4.69) is 31.0 Å². The third-order valence-corrected chi connectivity index (χ3v) is 5.39. The molecule has 1 aliphatic heterocycles. The largest absolute Gasteiger partial charge is 0.316 e. The van der Waals surface area contributed by atoms with Crippen molar-refractivity contribution in [3.63, 3.8) is 0 Å². The summed E-state index contributed by atoms with van der Waals surface area (Å²) in [6, 6.07) is 0. The third kappa shape index (κ3) is 5.04. The molecule has 0 radical (unpaired) electrons. The van der Waals surface area contributed by atoms with Gasteiger partial charge in [0.15, 0.2) is 0 Å².